The zero-order valence-electron chi connectivity index (χ0n) is 9.20. The maximum absolute atomic E-state index is 6.20. The van der Waals surface area contributed by atoms with Gasteiger partial charge in [0.2, 0.25) is 0 Å². The highest BCUT2D eigenvalue weighted by Gasteiger charge is 2.21. The molecule has 1 atom stereocenters. The minimum Gasteiger partial charge on any atom is -0.310 e. The lowest BCUT2D eigenvalue weighted by Gasteiger charge is -2.12. The van der Waals surface area contributed by atoms with Crippen LogP contribution < -0.4 is 5.32 Å². The van der Waals surface area contributed by atoms with E-state index in [9.17, 15) is 0 Å². The van der Waals surface area contributed by atoms with Gasteiger partial charge < -0.3 is 9.72 Å². The minimum atomic E-state index is 0.428. The number of pyridine rings is 1. The zero-order valence-corrected chi connectivity index (χ0v) is 9.96. The summed E-state index contributed by atoms with van der Waals surface area (Å²) < 4.78 is 2.07. The second-order valence-electron chi connectivity index (χ2n) is 4.28. The van der Waals surface area contributed by atoms with Crippen molar-refractivity contribution in [2.24, 2.45) is 0 Å². The van der Waals surface area contributed by atoms with Gasteiger partial charge in [-0.05, 0) is 37.9 Å². The van der Waals surface area contributed by atoms with Gasteiger partial charge in [-0.1, -0.05) is 17.7 Å². The number of halogens is 1. The van der Waals surface area contributed by atoms with E-state index in [2.05, 4.69) is 26.8 Å². The van der Waals surface area contributed by atoms with Gasteiger partial charge in [-0.15, -0.1) is 0 Å². The lowest BCUT2D eigenvalue weighted by molar-refractivity contribution is 0.650. The average molecular weight is 236 g/mol. The van der Waals surface area contributed by atoms with Gasteiger partial charge in [0.15, 0.2) is 5.15 Å². The molecule has 0 spiro atoms. The number of fused-ring (bicyclic) bond motifs is 1. The first-order valence-corrected chi connectivity index (χ1v) is 6.01. The molecule has 1 saturated heterocycles. The molecule has 1 fully saturated rings. The fourth-order valence-electron chi connectivity index (χ4n) is 2.49. The summed E-state index contributed by atoms with van der Waals surface area (Å²) >= 11 is 6.20. The summed E-state index contributed by atoms with van der Waals surface area (Å²) in [5.74, 6) is 0.944. The lowest BCUT2D eigenvalue weighted by Crippen LogP contribution is -2.13. The predicted molar refractivity (Wildman–Crippen MR) is 64.9 cm³/mol. The molecule has 2 aromatic rings. The van der Waals surface area contributed by atoms with Crippen LogP contribution in [0.2, 0.25) is 5.15 Å². The highest BCUT2D eigenvalue weighted by atomic mass is 35.5. The van der Waals surface area contributed by atoms with E-state index in [4.69, 9.17) is 11.6 Å². The Morgan fingerprint density at radius 1 is 1.56 bits per heavy atom. The number of hydrogen-bond acceptors (Lipinski definition) is 2. The summed E-state index contributed by atoms with van der Waals surface area (Å²) in [5, 5.41) is 4.11. The Labute approximate surface area is 99.4 Å². The first-order valence-electron chi connectivity index (χ1n) is 5.64. The molecule has 0 radical (unpaired) electrons. The monoisotopic (exact) mass is 235 g/mol. The van der Waals surface area contributed by atoms with Crippen LogP contribution in [0.3, 0.4) is 0 Å². The second-order valence-corrected chi connectivity index (χ2v) is 4.64. The summed E-state index contributed by atoms with van der Waals surface area (Å²) in [6.45, 7) is 3.07. The molecule has 2 aromatic heterocycles. The molecular formula is C12H14ClN3. The van der Waals surface area contributed by atoms with Crippen LogP contribution in [0.1, 0.15) is 30.3 Å². The fourth-order valence-corrected chi connectivity index (χ4v) is 2.82. The number of hydrogen-bond donors (Lipinski definition) is 1. The average Bonchev–Trinajstić information content (AvgIpc) is 2.88. The van der Waals surface area contributed by atoms with Crippen molar-refractivity contribution in [3.63, 3.8) is 0 Å². The van der Waals surface area contributed by atoms with Crippen LogP contribution in [0.25, 0.3) is 5.52 Å². The Balaban J connectivity index is 2.23. The lowest BCUT2D eigenvalue weighted by atomic mass is 10.1. The van der Waals surface area contributed by atoms with E-state index in [0.717, 1.165) is 17.9 Å². The highest BCUT2D eigenvalue weighted by molar-refractivity contribution is 6.33. The molecular weight excluding hydrogens is 222 g/mol. The van der Waals surface area contributed by atoms with Gasteiger partial charge in [0, 0.05) is 12.2 Å². The van der Waals surface area contributed by atoms with Crippen molar-refractivity contribution in [3.8, 4) is 0 Å². The van der Waals surface area contributed by atoms with E-state index in [1.807, 2.05) is 13.1 Å². The van der Waals surface area contributed by atoms with E-state index < -0.39 is 0 Å². The molecule has 0 bridgehead atoms. The third-order valence-corrected chi connectivity index (χ3v) is 3.53. The first-order chi connectivity index (χ1) is 7.77. The van der Waals surface area contributed by atoms with E-state index >= 15 is 0 Å². The maximum atomic E-state index is 6.20. The van der Waals surface area contributed by atoms with E-state index in [-0.39, 0.29) is 0 Å². The molecule has 4 heteroatoms. The number of aryl methyl sites for hydroxylation is 1. The normalized spacial score (nSPS) is 20.8. The predicted octanol–water partition coefficient (Wildman–Crippen LogP) is 2.72. The third kappa shape index (κ3) is 1.43. The molecule has 1 aliphatic rings. The molecule has 0 amide bonds. The molecule has 1 aliphatic heterocycles. The van der Waals surface area contributed by atoms with Crippen LogP contribution in [0.5, 0.6) is 0 Å². The number of rotatable bonds is 1. The Bertz CT molecular complexity index is 526. The van der Waals surface area contributed by atoms with Crippen molar-refractivity contribution in [2.75, 3.05) is 6.54 Å². The van der Waals surface area contributed by atoms with Gasteiger partial charge in [-0.2, -0.15) is 0 Å². The molecule has 84 valence electrons. The number of nitrogens with zero attached hydrogens (tertiary/aromatic N) is 2. The van der Waals surface area contributed by atoms with Crippen molar-refractivity contribution in [1.29, 1.82) is 0 Å². The maximum Gasteiger partial charge on any atom is 0.155 e. The van der Waals surface area contributed by atoms with Crippen LogP contribution >= 0.6 is 11.6 Å². The van der Waals surface area contributed by atoms with Gasteiger partial charge in [-0.3, -0.25) is 0 Å². The smallest absolute Gasteiger partial charge is 0.155 e. The number of imidazole rings is 1. The Hall–Kier alpha value is -1.06. The molecule has 1 N–H and O–H groups in total. The highest BCUT2D eigenvalue weighted by Crippen LogP contribution is 2.30. The molecule has 0 saturated carbocycles. The molecule has 0 aromatic carbocycles. The van der Waals surface area contributed by atoms with Crippen molar-refractivity contribution >= 4 is 17.1 Å². The van der Waals surface area contributed by atoms with E-state index in [0.29, 0.717) is 11.2 Å². The topological polar surface area (TPSA) is 29.3 Å². The fraction of sp³-hybridized carbons (Fsp3) is 0.417. The van der Waals surface area contributed by atoms with Gasteiger partial charge in [-0.25, -0.2) is 4.98 Å². The summed E-state index contributed by atoms with van der Waals surface area (Å²) in [6, 6.07) is 4.64. The van der Waals surface area contributed by atoms with Gasteiger partial charge in [0.05, 0.1) is 5.52 Å². The Kier molecular flexibility index (Phi) is 2.37. The summed E-state index contributed by atoms with van der Waals surface area (Å²) in [5.41, 5.74) is 2.33. The summed E-state index contributed by atoms with van der Waals surface area (Å²) in [6.07, 6.45) is 4.43. The van der Waals surface area contributed by atoms with Crippen LogP contribution in [-0.4, -0.2) is 15.9 Å². The second kappa shape index (κ2) is 3.75. The number of aromatic nitrogens is 2. The van der Waals surface area contributed by atoms with Crippen LogP contribution in [0, 0.1) is 6.92 Å². The Morgan fingerprint density at radius 2 is 2.44 bits per heavy atom. The minimum absolute atomic E-state index is 0.428. The molecule has 3 nitrogen and oxygen atoms in total. The van der Waals surface area contributed by atoms with Gasteiger partial charge in [0.25, 0.3) is 0 Å². The molecule has 1 unspecified atom stereocenters. The molecule has 3 heterocycles. The van der Waals surface area contributed by atoms with Crippen molar-refractivity contribution in [3.05, 3.63) is 34.9 Å². The largest absolute Gasteiger partial charge is 0.310 e. The SMILES string of the molecule is Cc1nc(Cl)c2c(C3CCCN3)cccn12. The summed E-state index contributed by atoms with van der Waals surface area (Å²) in [7, 11) is 0. The van der Waals surface area contributed by atoms with E-state index in [1.165, 1.54) is 18.4 Å². The number of nitrogens with one attached hydrogen (secondary N) is 1. The van der Waals surface area contributed by atoms with Crippen molar-refractivity contribution in [2.45, 2.75) is 25.8 Å². The van der Waals surface area contributed by atoms with Crippen LogP contribution in [0.15, 0.2) is 18.3 Å². The van der Waals surface area contributed by atoms with E-state index in [1.54, 1.807) is 0 Å². The quantitative estimate of drug-likeness (QED) is 0.824. The standard InChI is InChI=1S/C12H14ClN3/c1-8-15-12(13)11-9(4-3-7-16(8)11)10-5-2-6-14-10/h3-4,7,10,14H,2,5-6H2,1H3. The summed E-state index contributed by atoms with van der Waals surface area (Å²) in [4.78, 5) is 4.32. The van der Waals surface area contributed by atoms with Crippen molar-refractivity contribution < 1.29 is 0 Å². The van der Waals surface area contributed by atoms with Crippen LogP contribution in [-0.2, 0) is 0 Å². The third-order valence-electron chi connectivity index (χ3n) is 3.26. The molecule has 3 rings (SSSR count). The van der Waals surface area contributed by atoms with Crippen LogP contribution in [0.4, 0.5) is 0 Å². The zero-order chi connectivity index (χ0) is 11.1. The van der Waals surface area contributed by atoms with Gasteiger partial charge >= 0.3 is 0 Å². The van der Waals surface area contributed by atoms with Gasteiger partial charge in [0.1, 0.15) is 5.82 Å². The first kappa shape index (κ1) is 10.1. The molecule has 16 heavy (non-hydrogen) atoms. The van der Waals surface area contributed by atoms with Crippen molar-refractivity contribution in [1.82, 2.24) is 14.7 Å². The molecule has 0 aliphatic carbocycles. The Morgan fingerprint density at radius 3 is 3.19 bits per heavy atom.